The van der Waals surface area contributed by atoms with Gasteiger partial charge in [-0.2, -0.15) is 0 Å². The Morgan fingerprint density at radius 2 is 2.27 bits per heavy atom. The van der Waals surface area contributed by atoms with Crippen molar-refractivity contribution in [3.05, 3.63) is 35.1 Å². The Bertz CT molecular complexity index is 755. The molecule has 140 valence electrons. The van der Waals surface area contributed by atoms with E-state index in [1.165, 1.54) is 0 Å². The normalized spacial score (nSPS) is 16.7. The zero-order valence-electron chi connectivity index (χ0n) is 15.5. The number of hydrogen-bond acceptors (Lipinski definition) is 7. The molecule has 0 unspecified atom stereocenters. The third-order valence-corrected chi connectivity index (χ3v) is 4.62. The van der Waals surface area contributed by atoms with Crippen LogP contribution in [0.25, 0.3) is 0 Å². The summed E-state index contributed by atoms with van der Waals surface area (Å²) in [6, 6.07) is 1.96. The van der Waals surface area contributed by atoms with E-state index >= 15 is 0 Å². The highest BCUT2D eigenvalue weighted by Gasteiger charge is 2.22. The molecule has 3 rings (SSSR count). The molecule has 0 aromatic carbocycles. The second-order valence-electron chi connectivity index (χ2n) is 6.46. The summed E-state index contributed by atoms with van der Waals surface area (Å²) >= 11 is 0. The molecule has 3 heterocycles. The molecule has 8 heteroatoms. The maximum atomic E-state index is 12.6. The van der Waals surface area contributed by atoms with Crippen LogP contribution in [-0.4, -0.2) is 59.3 Å². The highest BCUT2D eigenvalue weighted by atomic mass is 16.5. The summed E-state index contributed by atoms with van der Waals surface area (Å²) in [5.41, 5.74) is 2.27. The van der Waals surface area contributed by atoms with Gasteiger partial charge in [-0.05, 0) is 19.8 Å². The fourth-order valence-electron chi connectivity index (χ4n) is 3.04. The topological polar surface area (TPSA) is 93.4 Å². The number of aryl methyl sites for hydroxylation is 2. The van der Waals surface area contributed by atoms with Gasteiger partial charge in [-0.25, -0.2) is 9.97 Å². The molecule has 1 aliphatic rings. The average molecular weight is 359 g/mol. The van der Waals surface area contributed by atoms with E-state index in [1.54, 1.807) is 25.2 Å². The first-order valence-electron chi connectivity index (χ1n) is 8.94. The smallest absolute Gasteiger partial charge is 0.259 e. The van der Waals surface area contributed by atoms with Gasteiger partial charge in [0.05, 0.1) is 18.0 Å². The number of amides is 1. The number of nitrogens with zero attached hydrogens (tertiary/aromatic N) is 4. The van der Waals surface area contributed by atoms with Crippen molar-refractivity contribution in [3.63, 3.8) is 0 Å². The number of ether oxygens (including phenoxy) is 1. The number of carbonyl (C=O) groups excluding carboxylic acids is 1. The molecule has 0 aliphatic carbocycles. The van der Waals surface area contributed by atoms with Crippen LogP contribution in [0.2, 0.25) is 0 Å². The summed E-state index contributed by atoms with van der Waals surface area (Å²) < 4.78 is 10.6. The largest absolute Gasteiger partial charge is 0.381 e. The van der Waals surface area contributed by atoms with Crippen molar-refractivity contribution < 1.29 is 14.1 Å². The number of likely N-dealkylation sites (N-methyl/N-ethyl adjacent to an activating group) is 1. The lowest BCUT2D eigenvalue weighted by Gasteiger charge is -2.18. The molecule has 26 heavy (non-hydrogen) atoms. The summed E-state index contributed by atoms with van der Waals surface area (Å²) in [7, 11) is 1.77. The van der Waals surface area contributed by atoms with Gasteiger partial charge >= 0.3 is 0 Å². The Hall–Kier alpha value is -2.48. The van der Waals surface area contributed by atoms with E-state index < -0.39 is 0 Å². The van der Waals surface area contributed by atoms with E-state index in [9.17, 15) is 4.79 Å². The predicted molar refractivity (Wildman–Crippen MR) is 96.3 cm³/mol. The van der Waals surface area contributed by atoms with E-state index in [-0.39, 0.29) is 5.91 Å². The molecule has 1 saturated heterocycles. The maximum absolute atomic E-state index is 12.6. The van der Waals surface area contributed by atoms with Crippen molar-refractivity contribution in [1.29, 1.82) is 0 Å². The average Bonchev–Trinajstić information content (AvgIpc) is 3.31. The van der Waals surface area contributed by atoms with E-state index in [4.69, 9.17) is 9.26 Å². The first-order valence-corrected chi connectivity index (χ1v) is 8.94. The molecule has 0 saturated carbocycles. The Balaban J connectivity index is 1.55. The van der Waals surface area contributed by atoms with Crippen LogP contribution in [0.3, 0.4) is 0 Å². The number of anilines is 1. The molecule has 1 fully saturated rings. The summed E-state index contributed by atoms with van der Waals surface area (Å²) in [6.07, 6.45) is 3.23. The van der Waals surface area contributed by atoms with Crippen molar-refractivity contribution in [3.8, 4) is 0 Å². The van der Waals surface area contributed by atoms with Crippen LogP contribution in [-0.2, 0) is 11.2 Å². The highest BCUT2D eigenvalue weighted by molar-refractivity contribution is 5.96. The third-order valence-electron chi connectivity index (χ3n) is 4.62. The maximum Gasteiger partial charge on any atom is 0.259 e. The molecule has 0 spiro atoms. The number of hydrogen-bond donors (Lipinski definition) is 1. The summed E-state index contributed by atoms with van der Waals surface area (Å²) in [5.74, 6) is 1.59. The predicted octanol–water partition coefficient (Wildman–Crippen LogP) is 2.02. The molecule has 0 bridgehead atoms. The SMILES string of the molecule is CCc1noc(C)c1C(=O)N(C)CCNc1cc([C@@H]2CCOC2)ncn1. The van der Waals surface area contributed by atoms with Crippen LogP contribution in [0.1, 0.15) is 46.8 Å². The van der Waals surface area contributed by atoms with Gasteiger partial charge in [-0.1, -0.05) is 12.1 Å². The van der Waals surface area contributed by atoms with Gasteiger partial charge in [0.15, 0.2) is 0 Å². The minimum Gasteiger partial charge on any atom is -0.381 e. The zero-order valence-corrected chi connectivity index (χ0v) is 15.5. The van der Waals surface area contributed by atoms with Crippen LogP contribution in [0.4, 0.5) is 5.82 Å². The highest BCUT2D eigenvalue weighted by Crippen LogP contribution is 2.24. The molecule has 0 radical (unpaired) electrons. The minimum atomic E-state index is -0.0751. The van der Waals surface area contributed by atoms with Gasteiger partial charge in [-0.3, -0.25) is 4.79 Å². The van der Waals surface area contributed by atoms with Crippen molar-refractivity contribution >= 4 is 11.7 Å². The minimum absolute atomic E-state index is 0.0751. The van der Waals surface area contributed by atoms with Crippen molar-refractivity contribution in [2.45, 2.75) is 32.6 Å². The molecule has 1 N–H and O–H groups in total. The van der Waals surface area contributed by atoms with Gasteiger partial charge in [0, 0.05) is 38.7 Å². The second kappa shape index (κ2) is 8.27. The van der Waals surface area contributed by atoms with Crippen LogP contribution in [0, 0.1) is 6.92 Å². The lowest BCUT2D eigenvalue weighted by Crippen LogP contribution is -2.32. The molecule has 2 aromatic heterocycles. The number of aromatic nitrogens is 3. The van der Waals surface area contributed by atoms with Crippen LogP contribution in [0.5, 0.6) is 0 Å². The number of nitrogens with one attached hydrogen (secondary N) is 1. The lowest BCUT2D eigenvalue weighted by atomic mass is 10.1. The van der Waals surface area contributed by atoms with Crippen molar-refractivity contribution in [1.82, 2.24) is 20.0 Å². The van der Waals surface area contributed by atoms with Crippen LogP contribution >= 0.6 is 0 Å². The fourth-order valence-corrected chi connectivity index (χ4v) is 3.04. The van der Waals surface area contributed by atoms with Gasteiger partial charge in [0.2, 0.25) is 0 Å². The molecule has 1 aliphatic heterocycles. The van der Waals surface area contributed by atoms with Gasteiger partial charge in [0.25, 0.3) is 5.91 Å². The van der Waals surface area contributed by atoms with E-state index in [0.717, 1.165) is 24.5 Å². The Morgan fingerprint density at radius 1 is 1.42 bits per heavy atom. The Labute approximate surface area is 152 Å². The Morgan fingerprint density at radius 3 is 3.00 bits per heavy atom. The molecular formula is C18H25N5O3. The third kappa shape index (κ3) is 4.01. The van der Waals surface area contributed by atoms with E-state index in [2.05, 4.69) is 20.4 Å². The Kier molecular flexibility index (Phi) is 5.82. The van der Waals surface area contributed by atoms with Gasteiger partial charge < -0.3 is 19.5 Å². The van der Waals surface area contributed by atoms with E-state index in [0.29, 0.717) is 49.1 Å². The monoisotopic (exact) mass is 359 g/mol. The van der Waals surface area contributed by atoms with Crippen LogP contribution < -0.4 is 5.32 Å². The quantitative estimate of drug-likeness (QED) is 0.808. The van der Waals surface area contributed by atoms with Crippen molar-refractivity contribution in [2.24, 2.45) is 0 Å². The van der Waals surface area contributed by atoms with Gasteiger partial charge in [-0.15, -0.1) is 0 Å². The second-order valence-corrected chi connectivity index (χ2v) is 6.46. The molecule has 1 atom stereocenters. The number of carbonyl (C=O) groups is 1. The lowest BCUT2D eigenvalue weighted by molar-refractivity contribution is 0.0797. The first-order chi connectivity index (χ1) is 12.6. The standard InChI is InChI=1S/C18H25N5O3/c1-4-14-17(12(2)26-22-14)18(24)23(3)7-6-19-16-9-15(20-11-21-16)13-5-8-25-10-13/h9,11,13H,4-8,10H2,1-3H3,(H,19,20,21)/t13-/m1/s1. The number of rotatable bonds is 7. The first kappa shape index (κ1) is 18.3. The molecule has 1 amide bonds. The molecular weight excluding hydrogens is 334 g/mol. The zero-order chi connectivity index (χ0) is 18.5. The molecule has 2 aromatic rings. The van der Waals surface area contributed by atoms with Gasteiger partial charge in [0.1, 0.15) is 23.5 Å². The summed E-state index contributed by atoms with van der Waals surface area (Å²) in [4.78, 5) is 22.9. The van der Waals surface area contributed by atoms with E-state index in [1.807, 2.05) is 13.0 Å². The molecule has 8 nitrogen and oxygen atoms in total. The summed E-state index contributed by atoms with van der Waals surface area (Å²) in [6.45, 7) is 6.35. The van der Waals surface area contributed by atoms with Crippen molar-refractivity contribution in [2.75, 3.05) is 38.7 Å². The fraction of sp³-hybridized carbons (Fsp3) is 0.556. The van der Waals surface area contributed by atoms with Crippen LogP contribution in [0.15, 0.2) is 16.9 Å². The summed E-state index contributed by atoms with van der Waals surface area (Å²) in [5, 5.41) is 7.21.